The van der Waals surface area contributed by atoms with Gasteiger partial charge in [0.2, 0.25) is 0 Å². The van der Waals surface area contributed by atoms with Crippen LogP contribution in [0.4, 0.5) is 10.5 Å². The van der Waals surface area contributed by atoms with Gasteiger partial charge in [0.1, 0.15) is 11.1 Å². The number of alkyl carbamates (subject to hydrolysis) is 1. The van der Waals surface area contributed by atoms with E-state index < -0.39 is 11.7 Å². The van der Waals surface area contributed by atoms with Crippen molar-refractivity contribution in [2.24, 2.45) is 7.05 Å². The topological polar surface area (TPSA) is 105 Å². The van der Waals surface area contributed by atoms with E-state index in [-0.39, 0.29) is 18.3 Å². The molecule has 9 nitrogen and oxygen atoms in total. The van der Waals surface area contributed by atoms with Gasteiger partial charge >= 0.3 is 11.8 Å². The molecule has 1 atom stereocenters. The monoisotopic (exact) mass is 462 g/mol. The number of imidazole rings is 1. The van der Waals surface area contributed by atoms with Gasteiger partial charge in [0, 0.05) is 25.8 Å². The van der Waals surface area contributed by atoms with Crippen molar-refractivity contribution >= 4 is 22.9 Å². The number of amides is 1. The molecule has 1 aromatic carbocycles. The van der Waals surface area contributed by atoms with Crippen LogP contribution < -0.4 is 15.9 Å². The molecule has 1 amide bonds. The van der Waals surface area contributed by atoms with Gasteiger partial charge in [0.15, 0.2) is 5.65 Å². The summed E-state index contributed by atoms with van der Waals surface area (Å²) in [6, 6.07) is 11.4. The lowest BCUT2D eigenvalue weighted by atomic mass is 10.1. The fourth-order valence-electron chi connectivity index (χ4n) is 4.39. The summed E-state index contributed by atoms with van der Waals surface area (Å²) in [5.41, 5.74) is 3.58. The zero-order chi connectivity index (χ0) is 24.6. The summed E-state index contributed by atoms with van der Waals surface area (Å²) in [6.07, 6.45) is 0.330. The second kappa shape index (κ2) is 8.86. The molecule has 0 aliphatic carbocycles. The molecule has 1 fully saturated rings. The standard InChI is InChI=1S/C25H30N6O3/c1-16-12-20(30-11-10-19(15-30)28-23(32)34-25(2,3)4)21-22(27-16)29(5)24(33)31(21)14-18-9-7-6-8-17(18)13-26/h6-9,12,19H,10-11,14-15H2,1-5H3,(H,28,32)/t19-/m1/s1. The summed E-state index contributed by atoms with van der Waals surface area (Å²) in [5.74, 6) is 0. The van der Waals surface area contributed by atoms with E-state index in [1.165, 1.54) is 0 Å². The van der Waals surface area contributed by atoms with E-state index >= 15 is 0 Å². The largest absolute Gasteiger partial charge is 0.444 e. The summed E-state index contributed by atoms with van der Waals surface area (Å²) >= 11 is 0. The lowest BCUT2D eigenvalue weighted by Gasteiger charge is -2.23. The molecule has 1 N–H and O–H groups in total. The highest BCUT2D eigenvalue weighted by Crippen LogP contribution is 2.30. The highest BCUT2D eigenvalue weighted by molar-refractivity contribution is 5.87. The maximum Gasteiger partial charge on any atom is 0.407 e. The minimum Gasteiger partial charge on any atom is -0.444 e. The molecule has 3 aromatic rings. The number of nitriles is 1. The summed E-state index contributed by atoms with van der Waals surface area (Å²) in [7, 11) is 1.71. The van der Waals surface area contributed by atoms with Gasteiger partial charge in [-0.1, -0.05) is 18.2 Å². The Labute approximate surface area is 198 Å². The van der Waals surface area contributed by atoms with E-state index in [0.29, 0.717) is 17.8 Å². The van der Waals surface area contributed by atoms with Crippen LogP contribution in [0, 0.1) is 18.3 Å². The normalized spacial score (nSPS) is 16.0. The van der Waals surface area contributed by atoms with Crippen LogP contribution in [0.1, 0.15) is 44.0 Å². The quantitative estimate of drug-likeness (QED) is 0.639. The van der Waals surface area contributed by atoms with Crippen LogP contribution in [0.15, 0.2) is 35.1 Å². The highest BCUT2D eigenvalue weighted by atomic mass is 16.6. The SMILES string of the molecule is Cc1cc(N2CC[C@@H](NC(=O)OC(C)(C)C)C2)c2c(n1)n(C)c(=O)n2Cc1ccccc1C#N. The first-order valence-electron chi connectivity index (χ1n) is 11.4. The van der Waals surface area contributed by atoms with Gasteiger partial charge in [-0.15, -0.1) is 0 Å². The predicted molar refractivity (Wildman–Crippen MR) is 130 cm³/mol. The van der Waals surface area contributed by atoms with Gasteiger partial charge in [-0.3, -0.25) is 9.13 Å². The molecule has 0 bridgehead atoms. The number of hydrogen-bond acceptors (Lipinski definition) is 6. The average molecular weight is 463 g/mol. The Morgan fingerprint density at radius 2 is 2.06 bits per heavy atom. The van der Waals surface area contributed by atoms with Crippen LogP contribution >= 0.6 is 0 Å². The molecule has 1 aliphatic rings. The van der Waals surface area contributed by atoms with Crippen molar-refractivity contribution in [1.29, 1.82) is 5.26 Å². The molecule has 3 heterocycles. The second-order valence-electron chi connectivity index (χ2n) is 9.73. The molecular weight excluding hydrogens is 432 g/mol. The van der Waals surface area contributed by atoms with Crippen LogP contribution in [-0.4, -0.2) is 44.9 Å². The summed E-state index contributed by atoms with van der Waals surface area (Å²) in [4.78, 5) is 32.3. The van der Waals surface area contributed by atoms with E-state index in [2.05, 4.69) is 21.3 Å². The van der Waals surface area contributed by atoms with E-state index in [0.717, 1.165) is 35.4 Å². The van der Waals surface area contributed by atoms with Crippen LogP contribution in [0.3, 0.4) is 0 Å². The lowest BCUT2D eigenvalue weighted by molar-refractivity contribution is 0.0509. The molecule has 34 heavy (non-hydrogen) atoms. The number of aryl methyl sites for hydroxylation is 2. The molecule has 1 saturated heterocycles. The van der Waals surface area contributed by atoms with E-state index in [9.17, 15) is 14.9 Å². The van der Waals surface area contributed by atoms with Crippen molar-refractivity contribution in [1.82, 2.24) is 19.4 Å². The van der Waals surface area contributed by atoms with Gasteiger partial charge in [-0.2, -0.15) is 5.26 Å². The molecule has 0 unspecified atom stereocenters. The zero-order valence-electron chi connectivity index (χ0n) is 20.3. The third-order valence-electron chi connectivity index (χ3n) is 5.90. The fourth-order valence-corrected chi connectivity index (χ4v) is 4.39. The first kappa shape index (κ1) is 23.4. The Kier molecular flexibility index (Phi) is 6.09. The molecule has 4 rings (SSSR count). The fraction of sp³-hybridized carbons (Fsp3) is 0.440. The van der Waals surface area contributed by atoms with Crippen LogP contribution in [0.5, 0.6) is 0 Å². The number of hydrogen-bond donors (Lipinski definition) is 1. The Balaban J connectivity index is 1.70. The molecule has 9 heteroatoms. The molecule has 178 valence electrons. The maximum atomic E-state index is 13.2. The summed E-state index contributed by atoms with van der Waals surface area (Å²) < 4.78 is 8.63. The van der Waals surface area contributed by atoms with Crippen molar-refractivity contribution in [3.63, 3.8) is 0 Å². The Hall–Kier alpha value is -3.80. The van der Waals surface area contributed by atoms with Crippen molar-refractivity contribution < 1.29 is 9.53 Å². The minimum atomic E-state index is -0.559. The highest BCUT2D eigenvalue weighted by Gasteiger charge is 2.29. The third-order valence-corrected chi connectivity index (χ3v) is 5.90. The number of pyridine rings is 1. The van der Waals surface area contributed by atoms with Crippen molar-refractivity contribution in [2.45, 2.75) is 52.3 Å². The van der Waals surface area contributed by atoms with Gasteiger partial charge in [0.05, 0.1) is 29.9 Å². The Morgan fingerprint density at radius 3 is 2.76 bits per heavy atom. The van der Waals surface area contributed by atoms with E-state index in [1.54, 1.807) is 22.2 Å². The number of nitrogens with zero attached hydrogens (tertiary/aromatic N) is 5. The molecule has 0 radical (unpaired) electrons. The van der Waals surface area contributed by atoms with E-state index in [4.69, 9.17) is 4.74 Å². The van der Waals surface area contributed by atoms with Crippen molar-refractivity contribution in [2.75, 3.05) is 18.0 Å². The number of fused-ring (bicyclic) bond motifs is 1. The number of ether oxygens (including phenoxy) is 1. The van der Waals surface area contributed by atoms with Crippen LogP contribution in [0.2, 0.25) is 0 Å². The van der Waals surface area contributed by atoms with Crippen molar-refractivity contribution in [3.05, 3.63) is 57.6 Å². The number of carbonyl (C=O) groups excluding carboxylic acids is 1. The van der Waals surface area contributed by atoms with Crippen molar-refractivity contribution in [3.8, 4) is 6.07 Å². The van der Waals surface area contributed by atoms with E-state index in [1.807, 2.05) is 52.0 Å². The third kappa shape index (κ3) is 4.62. The Morgan fingerprint density at radius 1 is 1.32 bits per heavy atom. The molecule has 2 aromatic heterocycles. The number of carbonyl (C=O) groups is 1. The lowest BCUT2D eigenvalue weighted by Crippen LogP contribution is -2.40. The minimum absolute atomic E-state index is 0.0680. The molecular formula is C25H30N6O3. The van der Waals surface area contributed by atoms with Gasteiger partial charge in [-0.25, -0.2) is 14.6 Å². The average Bonchev–Trinajstić information content (AvgIpc) is 3.31. The number of nitrogens with one attached hydrogen (secondary N) is 1. The summed E-state index contributed by atoms with van der Waals surface area (Å²) in [5, 5.41) is 12.5. The number of rotatable bonds is 4. The number of anilines is 1. The predicted octanol–water partition coefficient (Wildman–Crippen LogP) is 3.07. The Bertz CT molecular complexity index is 1340. The van der Waals surface area contributed by atoms with Gasteiger partial charge < -0.3 is 15.0 Å². The second-order valence-corrected chi connectivity index (χ2v) is 9.73. The molecule has 0 spiro atoms. The molecule has 0 saturated carbocycles. The maximum absolute atomic E-state index is 13.2. The zero-order valence-corrected chi connectivity index (χ0v) is 20.3. The first-order valence-corrected chi connectivity index (χ1v) is 11.4. The smallest absolute Gasteiger partial charge is 0.407 e. The van der Waals surface area contributed by atoms with Crippen LogP contribution in [-0.2, 0) is 18.3 Å². The van der Waals surface area contributed by atoms with Crippen LogP contribution in [0.25, 0.3) is 11.2 Å². The molecule has 1 aliphatic heterocycles. The first-order chi connectivity index (χ1) is 16.1. The van der Waals surface area contributed by atoms with Gasteiger partial charge in [0.25, 0.3) is 0 Å². The van der Waals surface area contributed by atoms with Gasteiger partial charge in [-0.05, 0) is 51.8 Å². The number of aromatic nitrogens is 3. The number of benzene rings is 1. The summed E-state index contributed by atoms with van der Waals surface area (Å²) in [6.45, 7) is 9.00.